The SMILES string of the molecule is CSCC[C@@H](C(=O)Nc1ccc(N2CCCS2(=O)=O)cc1)n1cccc1. The molecule has 0 aliphatic carbocycles. The van der Waals surface area contributed by atoms with Crippen molar-refractivity contribution in [3.8, 4) is 0 Å². The zero-order valence-corrected chi connectivity index (χ0v) is 16.3. The van der Waals surface area contributed by atoms with Crippen molar-refractivity contribution in [2.45, 2.75) is 18.9 Å². The molecule has 6 nitrogen and oxygen atoms in total. The Balaban J connectivity index is 1.70. The predicted octanol–water partition coefficient (Wildman–Crippen LogP) is 2.96. The van der Waals surface area contributed by atoms with Gasteiger partial charge in [-0.25, -0.2) is 8.42 Å². The van der Waals surface area contributed by atoms with Gasteiger partial charge in [-0.3, -0.25) is 9.10 Å². The summed E-state index contributed by atoms with van der Waals surface area (Å²) in [5.74, 6) is 1.01. The summed E-state index contributed by atoms with van der Waals surface area (Å²) in [5.41, 5.74) is 1.31. The molecule has 140 valence electrons. The number of carbonyl (C=O) groups excluding carboxylic acids is 1. The molecule has 0 spiro atoms. The first-order chi connectivity index (χ1) is 12.5. The van der Waals surface area contributed by atoms with Gasteiger partial charge in [0, 0.05) is 24.6 Å². The Morgan fingerprint density at radius 2 is 1.92 bits per heavy atom. The Kier molecular flexibility index (Phi) is 5.93. The summed E-state index contributed by atoms with van der Waals surface area (Å²) < 4.78 is 27.3. The van der Waals surface area contributed by atoms with Crippen LogP contribution in [0.1, 0.15) is 18.9 Å². The third-order valence-corrected chi connectivity index (χ3v) is 6.92. The smallest absolute Gasteiger partial charge is 0.247 e. The van der Waals surface area contributed by atoms with Crippen LogP contribution in [0.3, 0.4) is 0 Å². The van der Waals surface area contributed by atoms with E-state index in [0.717, 1.165) is 12.2 Å². The van der Waals surface area contributed by atoms with Gasteiger partial charge in [0.15, 0.2) is 0 Å². The minimum atomic E-state index is -3.19. The van der Waals surface area contributed by atoms with Gasteiger partial charge in [0.1, 0.15) is 6.04 Å². The van der Waals surface area contributed by atoms with Gasteiger partial charge >= 0.3 is 0 Å². The number of nitrogens with zero attached hydrogens (tertiary/aromatic N) is 2. The van der Waals surface area contributed by atoms with Crippen LogP contribution in [0.25, 0.3) is 0 Å². The fourth-order valence-corrected chi connectivity index (χ4v) is 5.09. The Labute approximate surface area is 158 Å². The molecule has 1 aliphatic rings. The van der Waals surface area contributed by atoms with E-state index in [-0.39, 0.29) is 17.7 Å². The molecule has 1 atom stereocenters. The number of anilines is 2. The van der Waals surface area contributed by atoms with Crippen LogP contribution in [0, 0.1) is 0 Å². The number of carbonyl (C=O) groups is 1. The van der Waals surface area contributed by atoms with Crippen LogP contribution in [-0.2, 0) is 14.8 Å². The van der Waals surface area contributed by atoms with Crippen molar-refractivity contribution in [3.63, 3.8) is 0 Å². The van der Waals surface area contributed by atoms with Crippen molar-refractivity contribution in [1.82, 2.24) is 4.57 Å². The number of nitrogens with one attached hydrogen (secondary N) is 1. The second-order valence-electron chi connectivity index (χ2n) is 6.21. The summed E-state index contributed by atoms with van der Waals surface area (Å²) in [6.07, 6.45) is 7.20. The van der Waals surface area contributed by atoms with E-state index in [9.17, 15) is 13.2 Å². The van der Waals surface area contributed by atoms with Crippen molar-refractivity contribution in [3.05, 3.63) is 48.8 Å². The molecule has 1 aromatic carbocycles. The number of amides is 1. The van der Waals surface area contributed by atoms with Crippen molar-refractivity contribution in [1.29, 1.82) is 0 Å². The largest absolute Gasteiger partial charge is 0.342 e. The lowest BCUT2D eigenvalue weighted by atomic mass is 10.2. The maximum absolute atomic E-state index is 12.7. The lowest BCUT2D eigenvalue weighted by molar-refractivity contribution is -0.119. The van der Waals surface area contributed by atoms with E-state index in [1.807, 2.05) is 35.3 Å². The summed E-state index contributed by atoms with van der Waals surface area (Å²) >= 11 is 1.71. The highest BCUT2D eigenvalue weighted by molar-refractivity contribution is 7.98. The average Bonchev–Trinajstić information content (AvgIpc) is 3.25. The molecule has 0 saturated carbocycles. The number of thioether (sulfide) groups is 1. The fourth-order valence-electron chi connectivity index (χ4n) is 3.07. The molecule has 2 aromatic rings. The average molecular weight is 394 g/mol. The van der Waals surface area contributed by atoms with Crippen LogP contribution < -0.4 is 9.62 Å². The molecule has 1 N–H and O–H groups in total. The minimum absolute atomic E-state index is 0.0724. The number of hydrogen-bond donors (Lipinski definition) is 1. The third kappa shape index (κ3) is 4.24. The molecule has 1 amide bonds. The van der Waals surface area contributed by atoms with Gasteiger partial charge in [-0.15, -0.1) is 0 Å². The topological polar surface area (TPSA) is 71.4 Å². The second-order valence-corrected chi connectivity index (χ2v) is 9.20. The standard InChI is InChI=1S/C18H23N3O3S2/c1-25-13-9-17(20-10-2-3-11-20)18(22)19-15-5-7-16(8-6-15)21-12-4-14-26(21,23)24/h2-3,5-8,10-11,17H,4,9,12-14H2,1H3,(H,19,22)/t17-/m0/s1. The minimum Gasteiger partial charge on any atom is -0.342 e. The summed E-state index contributed by atoms with van der Waals surface area (Å²) in [6.45, 7) is 0.512. The molecule has 1 fully saturated rings. The summed E-state index contributed by atoms with van der Waals surface area (Å²) in [7, 11) is -3.19. The number of benzene rings is 1. The second kappa shape index (κ2) is 8.18. The van der Waals surface area contributed by atoms with E-state index < -0.39 is 10.0 Å². The zero-order chi connectivity index (χ0) is 18.6. The summed E-state index contributed by atoms with van der Waals surface area (Å²) in [5, 5.41) is 2.94. The third-order valence-electron chi connectivity index (χ3n) is 4.41. The molecule has 8 heteroatoms. The molecule has 0 unspecified atom stereocenters. The molecule has 26 heavy (non-hydrogen) atoms. The first-order valence-electron chi connectivity index (χ1n) is 8.54. The lowest BCUT2D eigenvalue weighted by Gasteiger charge is -2.19. The number of aromatic nitrogens is 1. The van der Waals surface area contributed by atoms with Gasteiger partial charge in [0.2, 0.25) is 15.9 Å². The van der Waals surface area contributed by atoms with E-state index in [0.29, 0.717) is 24.3 Å². The summed E-state index contributed by atoms with van der Waals surface area (Å²) in [4.78, 5) is 12.7. The van der Waals surface area contributed by atoms with Gasteiger partial charge in [0.05, 0.1) is 11.4 Å². The maximum Gasteiger partial charge on any atom is 0.247 e. The van der Waals surface area contributed by atoms with E-state index in [1.165, 1.54) is 4.31 Å². The van der Waals surface area contributed by atoms with Crippen molar-refractivity contribution >= 4 is 39.1 Å². The molecule has 1 aromatic heterocycles. The van der Waals surface area contributed by atoms with E-state index >= 15 is 0 Å². The van der Waals surface area contributed by atoms with Crippen LogP contribution in [0.4, 0.5) is 11.4 Å². The van der Waals surface area contributed by atoms with E-state index in [4.69, 9.17) is 0 Å². The molecule has 3 rings (SSSR count). The van der Waals surface area contributed by atoms with Gasteiger partial charge in [0.25, 0.3) is 0 Å². The Morgan fingerprint density at radius 3 is 2.50 bits per heavy atom. The Bertz CT molecular complexity index is 833. The first-order valence-corrected chi connectivity index (χ1v) is 11.5. The maximum atomic E-state index is 12.7. The Morgan fingerprint density at radius 1 is 1.23 bits per heavy atom. The first kappa shape index (κ1) is 18.8. The highest BCUT2D eigenvalue weighted by Gasteiger charge is 2.28. The molecule has 0 bridgehead atoms. The van der Waals surface area contributed by atoms with Crippen molar-refractivity contribution in [2.24, 2.45) is 0 Å². The van der Waals surface area contributed by atoms with Crippen molar-refractivity contribution < 1.29 is 13.2 Å². The molecular formula is C18H23N3O3S2. The van der Waals surface area contributed by atoms with Crippen LogP contribution in [-0.4, -0.2) is 43.2 Å². The van der Waals surface area contributed by atoms with Crippen LogP contribution in [0.5, 0.6) is 0 Å². The van der Waals surface area contributed by atoms with Gasteiger partial charge in [-0.2, -0.15) is 11.8 Å². The fraction of sp³-hybridized carbons (Fsp3) is 0.389. The number of hydrogen-bond acceptors (Lipinski definition) is 4. The molecule has 0 radical (unpaired) electrons. The monoisotopic (exact) mass is 393 g/mol. The summed E-state index contributed by atoms with van der Waals surface area (Å²) in [6, 6.07) is 10.5. The molecular weight excluding hydrogens is 370 g/mol. The highest BCUT2D eigenvalue weighted by Crippen LogP contribution is 2.26. The number of sulfonamides is 1. The number of rotatable bonds is 7. The van der Waals surface area contributed by atoms with E-state index in [1.54, 1.807) is 36.0 Å². The quantitative estimate of drug-likeness (QED) is 0.785. The van der Waals surface area contributed by atoms with Crippen LogP contribution >= 0.6 is 11.8 Å². The zero-order valence-electron chi connectivity index (χ0n) is 14.7. The molecule has 1 saturated heterocycles. The molecule has 1 aliphatic heterocycles. The lowest BCUT2D eigenvalue weighted by Crippen LogP contribution is -2.26. The predicted molar refractivity (Wildman–Crippen MR) is 107 cm³/mol. The molecule has 2 heterocycles. The van der Waals surface area contributed by atoms with E-state index in [2.05, 4.69) is 5.32 Å². The van der Waals surface area contributed by atoms with Gasteiger partial charge in [-0.1, -0.05) is 0 Å². The van der Waals surface area contributed by atoms with Gasteiger partial charge in [-0.05, 0) is 61.2 Å². The van der Waals surface area contributed by atoms with Crippen LogP contribution in [0.15, 0.2) is 48.8 Å². The normalized spacial score (nSPS) is 17.2. The van der Waals surface area contributed by atoms with Crippen LogP contribution in [0.2, 0.25) is 0 Å². The van der Waals surface area contributed by atoms with Gasteiger partial charge < -0.3 is 9.88 Å². The highest BCUT2D eigenvalue weighted by atomic mass is 32.2. The Hall–Kier alpha value is -1.93. The van der Waals surface area contributed by atoms with Crippen molar-refractivity contribution in [2.75, 3.05) is 33.9 Å².